The van der Waals surface area contributed by atoms with Crippen molar-refractivity contribution in [3.05, 3.63) is 64.2 Å². The first-order valence-corrected chi connectivity index (χ1v) is 6.94. The monoisotopic (exact) mass is 283 g/mol. The predicted molar refractivity (Wildman–Crippen MR) is 82.3 cm³/mol. The molecular formula is C16H17N3O2. The van der Waals surface area contributed by atoms with Crippen LogP contribution in [0.3, 0.4) is 0 Å². The number of nitrogens with zero attached hydrogens (tertiary/aromatic N) is 3. The molecule has 0 aliphatic rings. The van der Waals surface area contributed by atoms with Crippen LogP contribution in [0, 0.1) is 10.1 Å². The number of azo groups is 1. The molecule has 0 spiro atoms. The second-order valence-electron chi connectivity index (χ2n) is 4.74. The highest BCUT2D eigenvalue weighted by molar-refractivity contribution is 5.45. The number of unbranched alkanes of at least 4 members (excludes halogenated alkanes) is 1. The molecule has 0 fully saturated rings. The Hall–Kier alpha value is -2.56. The molecule has 0 aromatic heterocycles. The van der Waals surface area contributed by atoms with Gasteiger partial charge in [-0.2, -0.15) is 10.2 Å². The Morgan fingerprint density at radius 2 is 1.48 bits per heavy atom. The van der Waals surface area contributed by atoms with E-state index >= 15 is 0 Å². The average molecular weight is 283 g/mol. The molecule has 0 N–H and O–H groups in total. The standard InChI is InChI=1S/C16H17N3O2/c1-2-3-4-13-5-7-14(8-6-13)17-18-15-9-11-16(12-10-15)19(20)21/h5-12H,2-4H2,1H3. The van der Waals surface area contributed by atoms with Crippen molar-refractivity contribution in [1.82, 2.24) is 0 Å². The minimum absolute atomic E-state index is 0.0502. The van der Waals surface area contributed by atoms with Crippen LogP contribution in [0.1, 0.15) is 25.3 Å². The normalized spacial score (nSPS) is 10.9. The summed E-state index contributed by atoms with van der Waals surface area (Å²) in [4.78, 5) is 10.1. The van der Waals surface area contributed by atoms with Gasteiger partial charge in [0, 0.05) is 12.1 Å². The van der Waals surface area contributed by atoms with E-state index in [1.807, 2.05) is 12.1 Å². The number of rotatable bonds is 6. The van der Waals surface area contributed by atoms with E-state index in [2.05, 4.69) is 29.3 Å². The molecule has 21 heavy (non-hydrogen) atoms. The number of non-ortho nitro benzene ring substituents is 1. The molecule has 0 aliphatic carbocycles. The minimum atomic E-state index is -0.435. The Balaban J connectivity index is 2.01. The highest BCUT2D eigenvalue weighted by Crippen LogP contribution is 2.21. The van der Waals surface area contributed by atoms with Crippen LogP contribution in [0.15, 0.2) is 58.8 Å². The molecule has 5 heteroatoms. The SMILES string of the molecule is CCCCc1ccc(N=Nc2ccc([N+](=O)[O-])cc2)cc1. The summed E-state index contributed by atoms with van der Waals surface area (Å²) in [5.41, 5.74) is 2.71. The molecule has 108 valence electrons. The van der Waals surface area contributed by atoms with Crippen LogP contribution >= 0.6 is 0 Å². The van der Waals surface area contributed by atoms with Crippen LogP contribution < -0.4 is 0 Å². The largest absolute Gasteiger partial charge is 0.269 e. The maximum Gasteiger partial charge on any atom is 0.269 e. The van der Waals surface area contributed by atoms with Gasteiger partial charge in [0.15, 0.2) is 0 Å². The van der Waals surface area contributed by atoms with E-state index in [9.17, 15) is 10.1 Å². The third kappa shape index (κ3) is 4.49. The number of nitro benzene ring substituents is 1. The van der Waals surface area contributed by atoms with Gasteiger partial charge >= 0.3 is 0 Å². The third-order valence-corrected chi connectivity index (χ3v) is 3.10. The van der Waals surface area contributed by atoms with E-state index in [1.54, 1.807) is 12.1 Å². The molecule has 2 aromatic rings. The second kappa shape index (κ2) is 7.28. The molecule has 0 saturated heterocycles. The number of nitro groups is 1. The number of hydrogen-bond acceptors (Lipinski definition) is 4. The summed E-state index contributed by atoms with van der Waals surface area (Å²) in [6.07, 6.45) is 3.45. The number of hydrogen-bond donors (Lipinski definition) is 0. The summed E-state index contributed by atoms with van der Waals surface area (Å²) in [6, 6.07) is 14.0. The fourth-order valence-corrected chi connectivity index (χ4v) is 1.87. The Kier molecular flexibility index (Phi) is 5.15. The predicted octanol–water partition coefficient (Wildman–Crippen LogP) is 5.35. The fourth-order valence-electron chi connectivity index (χ4n) is 1.87. The van der Waals surface area contributed by atoms with Crippen molar-refractivity contribution in [2.75, 3.05) is 0 Å². The molecule has 5 nitrogen and oxygen atoms in total. The van der Waals surface area contributed by atoms with E-state index in [4.69, 9.17) is 0 Å². The van der Waals surface area contributed by atoms with E-state index in [-0.39, 0.29) is 5.69 Å². The number of benzene rings is 2. The maximum absolute atomic E-state index is 10.5. The zero-order valence-corrected chi connectivity index (χ0v) is 11.9. The molecule has 2 rings (SSSR count). The zero-order valence-electron chi connectivity index (χ0n) is 11.9. The van der Waals surface area contributed by atoms with Gasteiger partial charge in [0.25, 0.3) is 5.69 Å². The van der Waals surface area contributed by atoms with Crippen molar-refractivity contribution < 1.29 is 4.92 Å². The molecular weight excluding hydrogens is 266 g/mol. The van der Waals surface area contributed by atoms with Crippen LogP contribution in [0.5, 0.6) is 0 Å². The van der Waals surface area contributed by atoms with Crippen LogP contribution in [0.25, 0.3) is 0 Å². The first-order valence-electron chi connectivity index (χ1n) is 6.94. The maximum atomic E-state index is 10.5. The van der Waals surface area contributed by atoms with Crippen LogP contribution in [-0.4, -0.2) is 4.92 Å². The summed E-state index contributed by atoms with van der Waals surface area (Å²) >= 11 is 0. The lowest BCUT2D eigenvalue weighted by Crippen LogP contribution is -1.85. The molecule has 0 unspecified atom stereocenters. The van der Waals surface area contributed by atoms with Crippen molar-refractivity contribution in [3.8, 4) is 0 Å². The summed E-state index contributed by atoms with van der Waals surface area (Å²) in [6.45, 7) is 2.17. The fraction of sp³-hybridized carbons (Fsp3) is 0.250. The summed E-state index contributed by atoms with van der Waals surface area (Å²) < 4.78 is 0. The topological polar surface area (TPSA) is 67.9 Å². The Bertz CT molecular complexity index is 619. The van der Waals surface area contributed by atoms with Crippen LogP contribution in [0.2, 0.25) is 0 Å². The molecule has 0 amide bonds. The Labute approximate surface area is 123 Å². The van der Waals surface area contributed by atoms with Gasteiger partial charge in [0.05, 0.1) is 16.3 Å². The van der Waals surface area contributed by atoms with Crippen LogP contribution in [0.4, 0.5) is 17.1 Å². The molecule has 0 atom stereocenters. The third-order valence-electron chi connectivity index (χ3n) is 3.10. The lowest BCUT2D eigenvalue weighted by molar-refractivity contribution is -0.384. The summed E-state index contributed by atoms with van der Waals surface area (Å²) in [5.74, 6) is 0. The van der Waals surface area contributed by atoms with Gasteiger partial charge in [-0.3, -0.25) is 10.1 Å². The Morgan fingerprint density at radius 1 is 0.952 bits per heavy atom. The smallest absolute Gasteiger partial charge is 0.258 e. The summed E-state index contributed by atoms with van der Waals surface area (Å²) in [5, 5.41) is 18.7. The second-order valence-corrected chi connectivity index (χ2v) is 4.74. The quantitative estimate of drug-likeness (QED) is 0.407. The van der Waals surface area contributed by atoms with Gasteiger partial charge in [-0.15, -0.1) is 0 Å². The number of aryl methyl sites for hydroxylation is 1. The molecule has 2 aromatic carbocycles. The summed E-state index contributed by atoms with van der Waals surface area (Å²) in [7, 11) is 0. The van der Waals surface area contributed by atoms with E-state index in [0.717, 1.165) is 12.1 Å². The Morgan fingerprint density at radius 3 is 1.95 bits per heavy atom. The van der Waals surface area contributed by atoms with Crippen molar-refractivity contribution in [2.24, 2.45) is 10.2 Å². The highest BCUT2D eigenvalue weighted by Gasteiger charge is 2.03. The van der Waals surface area contributed by atoms with Crippen molar-refractivity contribution >= 4 is 17.1 Å². The van der Waals surface area contributed by atoms with Gasteiger partial charge in [0.1, 0.15) is 0 Å². The van der Waals surface area contributed by atoms with E-state index in [1.165, 1.54) is 30.5 Å². The van der Waals surface area contributed by atoms with E-state index < -0.39 is 4.92 Å². The molecule has 0 saturated carbocycles. The highest BCUT2D eigenvalue weighted by atomic mass is 16.6. The van der Waals surface area contributed by atoms with E-state index in [0.29, 0.717) is 5.69 Å². The van der Waals surface area contributed by atoms with Crippen LogP contribution in [-0.2, 0) is 6.42 Å². The van der Waals surface area contributed by atoms with Crippen molar-refractivity contribution in [1.29, 1.82) is 0 Å². The average Bonchev–Trinajstić information content (AvgIpc) is 2.52. The van der Waals surface area contributed by atoms with Crippen molar-refractivity contribution in [3.63, 3.8) is 0 Å². The first-order chi connectivity index (χ1) is 10.2. The molecule has 0 aliphatic heterocycles. The van der Waals surface area contributed by atoms with Crippen molar-refractivity contribution in [2.45, 2.75) is 26.2 Å². The van der Waals surface area contributed by atoms with Gasteiger partial charge in [-0.25, -0.2) is 0 Å². The van der Waals surface area contributed by atoms with Gasteiger partial charge in [-0.1, -0.05) is 25.5 Å². The lowest BCUT2D eigenvalue weighted by Gasteiger charge is -1.99. The lowest BCUT2D eigenvalue weighted by atomic mass is 10.1. The van der Waals surface area contributed by atoms with Gasteiger partial charge < -0.3 is 0 Å². The van der Waals surface area contributed by atoms with Gasteiger partial charge in [-0.05, 0) is 42.7 Å². The minimum Gasteiger partial charge on any atom is -0.258 e. The first kappa shape index (κ1) is 14.8. The molecule has 0 radical (unpaired) electrons. The molecule has 0 bridgehead atoms. The van der Waals surface area contributed by atoms with Gasteiger partial charge in [0.2, 0.25) is 0 Å². The zero-order chi connectivity index (χ0) is 15.1. The molecule has 0 heterocycles.